The highest BCUT2D eigenvalue weighted by atomic mass is 32.2. The van der Waals surface area contributed by atoms with Crippen LogP contribution in [0.3, 0.4) is 0 Å². The van der Waals surface area contributed by atoms with Crippen LogP contribution in [0.4, 0.5) is 10.1 Å². The minimum Gasteiger partial charge on any atom is -0.354 e. The van der Waals surface area contributed by atoms with Gasteiger partial charge in [-0.05, 0) is 47.2 Å². The Morgan fingerprint density at radius 2 is 1.52 bits per heavy atom. The molecule has 7 nitrogen and oxygen atoms in total. The van der Waals surface area contributed by atoms with E-state index in [4.69, 9.17) is 0 Å². The summed E-state index contributed by atoms with van der Waals surface area (Å²) in [6.07, 6.45) is 2.01. The zero-order valence-electron chi connectivity index (χ0n) is 23.5. The Morgan fingerprint density at radius 1 is 0.900 bits per heavy atom. The van der Waals surface area contributed by atoms with Gasteiger partial charge in [0, 0.05) is 19.5 Å². The number of rotatable bonds is 13. The number of para-hydroxylation sites is 1. The molecule has 3 aromatic carbocycles. The van der Waals surface area contributed by atoms with Crippen LogP contribution in [0.15, 0.2) is 78.9 Å². The van der Waals surface area contributed by atoms with Gasteiger partial charge < -0.3 is 10.2 Å². The maximum atomic E-state index is 14.1. The zero-order chi connectivity index (χ0) is 29.3. The Labute approximate surface area is 237 Å². The summed E-state index contributed by atoms with van der Waals surface area (Å²) in [5.41, 5.74) is 2.67. The molecule has 0 aliphatic rings. The molecule has 0 bridgehead atoms. The van der Waals surface area contributed by atoms with Crippen molar-refractivity contribution < 1.29 is 22.4 Å². The smallest absolute Gasteiger partial charge is 0.244 e. The lowest BCUT2D eigenvalue weighted by Gasteiger charge is -2.34. The van der Waals surface area contributed by atoms with Crippen LogP contribution in [0.5, 0.6) is 0 Å². The number of sulfonamides is 1. The fourth-order valence-corrected chi connectivity index (χ4v) is 5.37. The molecular formula is C31H38FN3O4S. The van der Waals surface area contributed by atoms with Crippen LogP contribution in [-0.2, 0) is 32.6 Å². The van der Waals surface area contributed by atoms with Gasteiger partial charge in [-0.3, -0.25) is 13.9 Å². The predicted molar refractivity (Wildman–Crippen MR) is 157 cm³/mol. The average Bonchev–Trinajstić information content (AvgIpc) is 2.93. The molecule has 9 heteroatoms. The monoisotopic (exact) mass is 567 g/mol. The molecular weight excluding hydrogens is 529 g/mol. The van der Waals surface area contributed by atoms with Gasteiger partial charge in [0.2, 0.25) is 21.8 Å². The normalized spacial score (nSPS) is 12.2. The molecule has 0 unspecified atom stereocenters. The van der Waals surface area contributed by atoms with E-state index < -0.39 is 34.3 Å². The summed E-state index contributed by atoms with van der Waals surface area (Å²) in [6.45, 7) is 5.78. The van der Waals surface area contributed by atoms with Gasteiger partial charge in [-0.2, -0.15) is 0 Å². The largest absolute Gasteiger partial charge is 0.354 e. The molecule has 0 aromatic heterocycles. The number of halogens is 1. The van der Waals surface area contributed by atoms with Crippen LogP contribution in [0.2, 0.25) is 0 Å². The van der Waals surface area contributed by atoms with E-state index >= 15 is 0 Å². The lowest BCUT2D eigenvalue weighted by Crippen LogP contribution is -2.53. The van der Waals surface area contributed by atoms with Crippen molar-refractivity contribution in [2.45, 2.75) is 52.1 Å². The third-order valence-electron chi connectivity index (χ3n) is 6.59. The Balaban J connectivity index is 2.07. The Bertz CT molecular complexity index is 1380. The average molecular weight is 568 g/mol. The van der Waals surface area contributed by atoms with Gasteiger partial charge in [0.25, 0.3) is 0 Å². The molecule has 214 valence electrons. The first kappa shape index (κ1) is 30.8. The first-order valence-electron chi connectivity index (χ1n) is 13.4. The Hall–Kier alpha value is -3.72. The van der Waals surface area contributed by atoms with Crippen molar-refractivity contribution in [3.05, 3.63) is 101 Å². The zero-order valence-corrected chi connectivity index (χ0v) is 24.3. The first-order chi connectivity index (χ1) is 19.0. The maximum Gasteiger partial charge on any atom is 0.244 e. The van der Waals surface area contributed by atoms with Crippen molar-refractivity contribution in [2.24, 2.45) is 0 Å². The van der Waals surface area contributed by atoms with Crippen molar-refractivity contribution in [1.82, 2.24) is 10.2 Å². The highest BCUT2D eigenvalue weighted by Crippen LogP contribution is 2.29. The Morgan fingerprint density at radius 3 is 2.12 bits per heavy atom. The third-order valence-corrected chi connectivity index (χ3v) is 7.72. The van der Waals surface area contributed by atoms with Gasteiger partial charge >= 0.3 is 0 Å². The topological polar surface area (TPSA) is 86.8 Å². The fourth-order valence-electron chi connectivity index (χ4n) is 4.50. The predicted octanol–water partition coefficient (Wildman–Crippen LogP) is 4.88. The molecule has 0 aliphatic heterocycles. The molecule has 0 radical (unpaired) electrons. The van der Waals surface area contributed by atoms with E-state index in [0.717, 1.165) is 21.7 Å². The van der Waals surface area contributed by atoms with Crippen molar-refractivity contribution in [1.29, 1.82) is 0 Å². The number of carbonyl (C=O) groups is 2. The molecule has 3 aromatic rings. The van der Waals surface area contributed by atoms with Gasteiger partial charge in [-0.15, -0.1) is 0 Å². The summed E-state index contributed by atoms with van der Waals surface area (Å²) in [7, 11) is -3.86. The lowest BCUT2D eigenvalue weighted by atomic mass is 10.0. The minimum atomic E-state index is -3.86. The molecule has 0 saturated carbocycles. The standard InChI is InChI=1S/C31H38FN3O4S/c1-5-19-33-31(37)29(20-24-11-7-6-8-12-24)34(21-25-15-17-26(32)18-16-25)30(36)22-35(40(4,38)39)28-14-10-9-13-27(28)23(2)3/h6-18,23,29H,5,19-22H2,1-4H3,(H,33,37)/t29-/m0/s1. The van der Waals surface area contributed by atoms with E-state index in [9.17, 15) is 22.4 Å². The maximum absolute atomic E-state index is 14.1. The van der Waals surface area contributed by atoms with Gasteiger partial charge in [-0.1, -0.05) is 81.4 Å². The highest BCUT2D eigenvalue weighted by molar-refractivity contribution is 7.92. The lowest BCUT2D eigenvalue weighted by molar-refractivity contribution is -0.140. The molecule has 0 spiro atoms. The molecule has 3 rings (SSSR count). The summed E-state index contributed by atoms with van der Waals surface area (Å²) in [4.78, 5) is 29.0. The van der Waals surface area contributed by atoms with Crippen molar-refractivity contribution in [2.75, 3.05) is 23.7 Å². The van der Waals surface area contributed by atoms with E-state index in [-0.39, 0.29) is 24.8 Å². The number of nitrogens with one attached hydrogen (secondary N) is 1. The van der Waals surface area contributed by atoms with Gasteiger partial charge in [-0.25, -0.2) is 12.8 Å². The summed E-state index contributed by atoms with van der Waals surface area (Å²) >= 11 is 0. The van der Waals surface area contributed by atoms with E-state index in [2.05, 4.69) is 5.32 Å². The summed E-state index contributed by atoms with van der Waals surface area (Å²) < 4.78 is 40.8. The van der Waals surface area contributed by atoms with Gasteiger partial charge in [0.15, 0.2) is 0 Å². The number of anilines is 1. The Kier molecular flexibility index (Phi) is 10.8. The van der Waals surface area contributed by atoms with Crippen molar-refractivity contribution in [3.8, 4) is 0 Å². The number of nitrogens with zero attached hydrogens (tertiary/aromatic N) is 2. The van der Waals surface area contributed by atoms with Crippen molar-refractivity contribution in [3.63, 3.8) is 0 Å². The van der Waals surface area contributed by atoms with Crippen molar-refractivity contribution >= 4 is 27.5 Å². The number of amides is 2. The number of benzene rings is 3. The van der Waals surface area contributed by atoms with Crippen LogP contribution in [-0.4, -0.2) is 50.5 Å². The third kappa shape index (κ3) is 8.39. The minimum absolute atomic E-state index is 0.000409. The second kappa shape index (κ2) is 14.1. The molecule has 0 saturated heterocycles. The van der Waals surface area contributed by atoms with Crippen LogP contribution in [0.1, 0.15) is 49.8 Å². The van der Waals surface area contributed by atoms with Gasteiger partial charge in [0.1, 0.15) is 18.4 Å². The van der Waals surface area contributed by atoms with Crippen LogP contribution < -0.4 is 9.62 Å². The molecule has 2 amide bonds. The molecule has 0 fully saturated rings. The summed E-state index contributed by atoms with van der Waals surface area (Å²) in [5, 5.41) is 2.90. The second-order valence-electron chi connectivity index (χ2n) is 10.1. The highest BCUT2D eigenvalue weighted by Gasteiger charge is 2.33. The van der Waals surface area contributed by atoms with E-state index in [1.165, 1.54) is 17.0 Å². The number of hydrogen-bond acceptors (Lipinski definition) is 4. The van der Waals surface area contributed by atoms with Crippen LogP contribution in [0.25, 0.3) is 0 Å². The second-order valence-corrected chi connectivity index (χ2v) is 12.0. The summed E-state index contributed by atoms with van der Waals surface area (Å²) in [6, 6.07) is 21.2. The number of carbonyl (C=O) groups excluding carboxylic acids is 2. The van der Waals surface area contributed by atoms with E-state index in [1.807, 2.05) is 63.2 Å². The molecule has 0 heterocycles. The fraction of sp³-hybridized carbons (Fsp3) is 0.355. The van der Waals surface area contributed by atoms with E-state index in [1.54, 1.807) is 24.3 Å². The SMILES string of the molecule is CCCNC(=O)[C@H](Cc1ccccc1)N(Cc1ccc(F)cc1)C(=O)CN(c1ccccc1C(C)C)S(C)(=O)=O. The van der Waals surface area contributed by atoms with E-state index in [0.29, 0.717) is 24.2 Å². The first-order valence-corrected chi connectivity index (χ1v) is 15.3. The van der Waals surface area contributed by atoms with Crippen LogP contribution >= 0.6 is 0 Å². The molecule has 0 aliphatic carbocycles. The van der Waals surface area contributed by atoms with Crippen LogP contribution in [0, 0.1) is 5.82 Å². The molecule has 40 heavy (non-hydrogen) atoms. The summed E-state index contributed by atoms with van der Waals surface area (Å²) in [5.74, 6) is -1.29. The molecule has 1 atom stereocenters. The quantitative estimate of drug-likeness (QED) is 0.319. The van der Waals surface area contributed by atoms with Gasteiger partial charge in [0.05, 0.1) is 11.9 Å². The molecule has 1 N–H and O–H groups in total. The number of hydrogen-bond donors (Lipinski definition) is 1.